The van der Waals surface area contributed by atoms with Crippen LogP contribution in [-0.4, -0.2) is 0 Å². The maximum absolute atomic E-state index is 5.78. The van der Waals surface area contributed by atoms with Gasteiger partial charge in [-0.25, -0.2) is 0 Å². The van der Waals surface area contributed by atoms with Crippen molar-refractivity contribution < 1.29 is 4.74 Å². The lowest BCUT2D eigenvalue weighted by molar-refractivity contribution is 0.303. The Bertz CT molecular complexity index is 485. The van der Waals surface area contributed by atoms with E-state index in [9.17, 15) is 0 Å². The van der Waals surface area contributed by atoms with Crippen LogP contribution in [-0.2, 0) is 13.2 Å². The molecule has 0 amide bonds. The molecule has 3 heteroatoms. The molecule has 2 nitrogen and oxygen atoms in total. The van der Waals surface area contributed by atoms with E-state index in [0.717, 1.165) is 21.3 Å². The predicted octanol–water partition coefficient (Wildman–Crippen LogP) is 3.49. The lowest BCUT2D eigenvalue weighted by Gasteiger charge is -2.10. The molecule has 0 saturated heterocycles. The Labute approximate surface area is 110 Å². The third kappa shape index (κ3) is 3.32. The second-order valence-corrected chi connectivity index (χ2v) is 4.65. The molecule has 0 fully saturated rings. The zero-order valence-corrected chi connectivity index (χ0v) is 11.0. The Kier molecular flexibility index (Phi) is 4.18. The van der Waals surface area contributed by atoms with Crippen LogP contribution in [0.15, 0.2) is 53.0 Å². The van der Waals surface area contributed by atoms with E-state index in [4.69, 9.17) is 10.5 Å². The van der Waals surface area contributed by atoms with Crippen molar-refractivity contribution in [3.05, 3.63) is 64.1 Å². The summed E-state index contributed by atoms with van der Waals surface area (Å²) < 4.78 is 6.78. The van der Waals surface area contributed by atoms with Gasteiger partial charge in [-0.05, 0) is 17.7 Å². The SMILES string of the molecule is NCc1ccc(Br)cc1OCc1ccccc1. The highest BCUT2D eigenvalue weighted by molar-refractivity contribution is 9.10. The summed E-state index contributed by atoms with van der Waals surface area (Å²) in [6, 6.07) is 16.0. The van der Waals surface area contributed by atoms with Crippen LogP contribution in [0.4, 0.5) is 0 Å². The van der Waals surface area contributed by atoms with Gasteiger partial charge < -0.3 is 10.5 Å². The highest BCUT2D eigenvalue weighted by Crippen LogP contribution is 2.24. The molecule has 0 aliphatic carbocycles. The summed E-state index contributed by atoms with van der Waals surface area (Å²) in [4.78, 5) is 0. The smallest absolute Gasteiger partial charge is 0.125 e. The van der Waals surface area contributed by atoms with Crippen LogP contribution in [0.25, 0.3) is 0 Å². The summed E-state index contributed by atoms with van der Waals surface area (Å²) >= 11 is 3.43. The van der Waals surface area contributed by atoms with E-state index < -0.39 is 0 Å². The van der Waals surface area contributed by atoms with Gasteiger partial charge in [-0.2, -0.15) is 0 Å². The number of ether oxygens (including phenoxy) is 1. The van der Waals surface area contributed by atoms with E-state index in [1.165, 1.54) is 0 Å². The molecule has 0 aliphatic rings. The van der Waals surface area contributed by atoms with Gasteiger partial charge >= 0.3 is 0 Å². The minimum Gasteiger partial charge on any atom is -0.489 e. The second-order valence-electron chi connectivity index (χ2n) is 3.73. The van der Waals surface area contributed by atoms with Crippen LogP contribution in [0.1, 0.15) is 11.1 Å². The maximum atomic E-state index is 5.78. The summed E-state index contributed by atoms with van der Waals surface area (Å²) in [5, 5.41) is 0. The molecule has 0 atom stereocenters. The van der Waals surface area contributed by atoms with Gasteiger partial charge in [0, 0.05) is 16.6 Å². The van der Waals surface area contributed by atoms with Gasteiger partial charge in [0.15, 0.2) is 0 Å². The second kappa shape index (κ2) is 5.84. The predicted molar refractivity (Wildman–Crippen MR) is 72.8 cm³/mol. The molecule has 0 radical (unpaired) electrons. The average Bonchev–Trinajstić information content (AvgIpc) is 2.38. The standard InChI is InChI=1S/C14H14BrNO/c15-13-7-6-12(9-16)14(8-13)17-10-11-4-2-1-3-5-11/h1-8H,9-10,16H2. The van der Waals surface area contributed by atoms with Gasteiger partial charge in [0.1, 0.15) is 12.4 Å². The lowest BCUT2D eigenvalue weighted by Crippen LogP contribution is -2.02. The highest BCUT2D eigenvalue weighted by Gasteiger charge is 2.03. The van der Waals surface area contributed by atoms with Crippen LogP contribution >= 0.6 is 15.9 Å². The maximum Gasteiger partial charge on any atom is 0.125 e. The van der Waals surface area contributed by atoms with Crippen molar-refractivity contribution in [2.45, 2.75) is 13.2 Å². The fourth-order valence-corrected chi connectivity index (χ4v) is 1.91. The van der Waals surface area contributed by atoms with E-state index in [0.29, 0.717) is 13.2 Å². The minimum atomic E-state index is 0.484. The Hall–Kier alpha value is -1.32. The molecular formula is C14H14BrNO. The van der Waals surface area contributed by atoms with Crippen LogP contribution in [0.3, 0.4) is 0 Å². The molecule has 0 unspecified atom stereocenters. The first-order chi connectivity index (χ1) is 8.29. The molecule has 0 saturated carbocycles. The summed E-state index contributed by atoms with van der Waals surface area (Å²) in [5.74, 6) is 0.839. The fourth-order valence-electron chi connectivity index (χ4n) is 1.57. The number of halogens is 1. The minimum absolute atomic E-state index is 0.484. The van der Waals surface area contributed by atoms with Crippen LogP contribution in [0, 0.1) is 0 Å². The zero-order chi connectivity index (χ0) is 12.1. The Morgan fingerprint density at radius 3 is 2.53 bits per heavy atom. The van der Waals surface area contributed by atoms with Crippen LogP contribution in [0.2, 0.25) is 0 Å². The molecule has 0 heterocycles. The van der Waals surface area contributed by atoms with Crippen molar-refractivity contribution in [2.75, 3.05) is 0 Å². The topological polar surface area (TPSA) is 35.2 Å². The first-order valence-corrected chi connectivity index (χ1v) is 6.24. The van der Waals surface area contributed by atoms with Gasteiger partial charge in [0.2, 0.25) is 0 Å². The molecule has 2 N–H and O–H groups in total. The Morgan fingerprint density at radius 1 is 1.06 bits per heavy atom. The van der Waals surface area contributed by atoms with E-state index >= 15 is 0 Å². The molecule has 0 spiro atoms. The fraction of sp³-hybridized carbons (Fsp3) is 0.143. The number of hydrogen-bond donors (Lipinski definition) is 1. The van der Waals surface area contributed by atoms with E-state index in [1.807, 2.05) is 48.5 Å². The van der Waals surface area contributed by atoms with Crippen LogP contribution in [0.5, 0.6) is 5.75 Å². The van der Waals surface area contributed by atoms with Gasteiger partial charge in [0.05, 0.1) is 0 Å². The summed E-state index contributed by atoms with van der Waals surface area (Å²) in [7, 11) is 0. The first kappa shape index (κ1) is 12.1. The Balaban J connectivity index is 2.11. The summed E-state index contributed by atoms with van der Waals surface area (Å²) in [5.41, 5.74) is 7.84. The number of nitrogens with two attached hydrogens (primary N) is 1. The van der Waals surface area contributed by atoms with Gasteiger partial charge in [-0.3, -0.25) is 0 Å². The number of rotatable bonds is 4. The third-order valence-corrected chi connectivity index (χ3v) is 2.98. The third-order valence-electron chi connectivity index (χ3n) is 2.49. The molecule has 0 aromatic heterocycles. The van der Waals surface area contributed by atoms with Crippen molar-refractivity contribution in [1.29, 1.82) is 0 Å². The van der Waals surface area contributed by atoms with E-state index in [-0.39, 0.29) is 0 Å². The summed E-state index contributed by atoms with van der Waals surface area (Å²) in [6.07, 6.45) is 0. The monoisotopic (exact) mass is 291 g/mol. The average molecular weight is 292 g/mol. The first-order valence-electron chi connectivity index (χ1n) is 5.45. The van der Waals surface area contributed by atoms with Gasteiger partial charge in [-0.1, -0.05) is 52.3 Å². The van der Waals surface area contributed by atoms with E-state index in [2.05, 4.69) is 15.9 Å². The normalized spacial score (nSPS) is 10.2. The van der Waals surface area contributed by atoms with Crippen molar-refractivity contribution in [3.63, 3.8) is 0 Å². The van der Waals surface area contributed by atoms with Crippen molar-refractivity contribution in [2.24, 2.45) is 5.73 Å². The van der Waals surface area contributed by atoms with Crippen molar-refractivity contribution in [1.82, 2.24) is 0 Å². The molecule has 0 bridgehead atoms. The zero-order valence-electron chi connectivity index (χ0n) is 9.40. The molecule has 2 rings (SSSR count). The van der Waals surface area contributed by atoms with Gasteiger partial charge in [-0.15, -0.1) is 0 Å². The molecule has 17 heavy (non-hydrogen) atoms. The molecule has 2 aromatic rings. The van der Waals surface area contributed by atoms with Crippen molar-refractivity contribution in [3.8, 4) is 5.75 Å². The van der Waals surface area contributed by atoms with Gasteiger partial charge in [0.25, 0.3) is 0 Å². The largest absolute Gasteiger partial charge is 0.489 e. The lowest BCUT2D eigenvalue weighted by atomic mass is 10.2. The quantitative estimate of drug-likeness (QED) is 0.936. The Morgan fingerprint density at radius 2 is 1.82 bits per heavy atom. The summed E-state index contributed by atoms with van der Waals surface area (Å²) in [6.45, 7) is 1.04. The highest BCUT2D eigenvalue weighted by atomic mass is 79.9. The number of benzene rings is 2. The van der Waals surface area contributed by atoms with Crippen LogP contribution < -0.4 is 10.5 Å². The molecule has 2 aromatic carbocycles. The molecular weight excluding hydrogens is 278 g/mol. The van der Waals surface area contributed by atoms with Crippen molar-refractivity contribution >= 4 is 15.9 Å². The molecule has 88 valence electrons. The van der Waals surface area contributed by atoms with E-state index in [1.54, 1.807) is 0 Å². The number of hydrogen-bond acceptors (Lipinski definition) is 2. The molecule has 0 aliphatic heterocycles.